The maximum absolute atomic E-state index is 11.7. The van der Waals surface area contributed by atoms with Gasteiger partial charge in [-0.1, -0.05) is 32.0 Å². The van der Waals surface area contributed by atoms with Crippen LogP contribution in [-0.2, 0) is 6.54 Å². The minimum Gasteiger partial charge on any atom is -0.324 e. The predicted octanol–water partition coefficient (Wildman–Crippen LogP) is 2.54. The zero-order chi connectivity index (χ0) is 14.5. The first-order valence-corrected chi connectivity index (χ1v) is 7.66. The smallest absolute Gasteiger partial charge is 0.324 e. The number of nitrogens with one attached hydrogen (secondary N) is 1. The van der Waals surface area contributed by atoms with Crippen molar-refractivity contribution in [3.05, 3.63) is 40.3 Å². The van der Waals surface area contributed by atoms with Crippen molar-refractivity contribution in [2.75, 3.05) is 0 Å². The number of hydrogen-bond acceptors (Lipinski definition) is 4. The van der Waals surface area contributed by atoms with E-state index in [-0.39, 0.29) is 11.7 Å². The standard InChI is InChI=1S/C14H20N4OS/c1-3-9-18-13(19)16-17-14(18)20-12-8-6-5-7-10(12)11(15)4-2/h5-8,11H,3-4,9,15H2,1-2H3,(H,16,19)/t11-/m1/s1. The molecule has 1 aromatic carbocycles. The summed E-state index contributed by atoms with van der Waals surface area (Å²) in [6.45, 7) is 4.77. The lowest BCUT2D eigenvalue weighted by atomic mass is 10.1. The third kappa shape index (κ3) is 3.13. The van der Waals surface area contributed by atoms with Gasteiger partial charge in [0.2, 0.25) is 0 Å². The van der Waals surface area contributed by atoms with Crippen molar-refractivity contribution in [3.63, 3.8) is 0 Å². The van der Waals surface area contributed by atoms with Gasteiger partial charge in [-0.2, -0.15) is 0 Å². The van der Waals surface area contributed by atoms with Crippen molar-refractivity contribution in [1.29, 1.82) is 0 Å². The normalized spacial score (nSPS) is 12.6. The predicted molar refractivity (Wildman–Crippen MR) is 80.9 cm³/mol. The molecule has 0 fully saturated rings. The maximum atomic E-state index is 11.7. The van der Waals surface area contributed by atoms with Gasteiger partial charge in [0.25, 0.3) is 0 Å². The van der Waals surface area contributed by atoms with Crippen LogP contribution in [0.3, 0.4) is 0 Å². The number of aromatic nitrogens is 3. The molecule has 2 aromatic rings. The first-order valence-electron chi connectivity index (χ1n) is 6.84. The summed E-state index contributed by atoms with van der Waals surface area (Å²) >= 11 is 1.49. The lowest BCUT2D eigenvalue weighted by molar-refractivity contribution is 0.603. The Hall–Kier alpha value is -1.53. The molecule has 0 aliphatic heterocycles. The van der Waals surface area contributed by atoms with E-state index in [1.807, 2.05) is 31.2 Å². The van der Waals surface area contributed by atoms with E-state index in [2.05, 4.69) is 17.1 Å². The molecule has 108 valence electrons. The minimum absolute atomic E-state index is 0.00369. The van der Waals surface area contributed by atoms with E-state index < -0.39 is 0 Å². The largest absolute Gasteiger partial charge is 0.343 e. The molecule has 3 N–H and O–H groups in total. The average molecular weight is 292 g/mol. The molecular weight excluding hydrogens is 272 g/mol. The monoisotopic (exact) mass is 292 g/mol. The zero-order valence-electron chi connectivity index (χ0n) is 11.8. The van der Waals surface area contributed by atoms with E-state index in [1.54, 1.807) is 4.57 Å². The van der Waals surface area contributed by atoms with Crippen molar-refractivity contribution in [2.24, 2.45) is 5.73 Å². The summed E-state index contributed by atoms with van der Waals surface area (Å²) < 4.78 is 1.67. The first-order chi connectivity index (χ1) is 9.67. The summed E-state index contributed by atoms with van der Waals surface area (Å²) in [5.41, 5.74) is 7.08. The Morgan fingerprint density at radius 2 is 2.15 bits per heavy atom. The molecule has 1 aromatic heterocycles. The molecule has 1 heterocycles. The van der Waals surface area contributed by atoms with Crippen LogP contribution in [0.2, 0.25) is 0 Å². The average Bonchev–Trinajstić information content (AvgIpc) is 2.80. The highest BCUT2D eigenvalue weighted by molar-refractivity contribution is 7.99. The second-order valence-corrected chi connectivity index (χ2v) is 5.63. The van der Waals surface area contributed by atoms with Crippen LogP contribution in [0.1, 0.15) is 38.3 Å². The number of nitrogens with two attached hydrogens (primary N) is 1. The van der Waals surface area contributed by atoms with Crippen LogP contribution in [0.4, 0.5) is 0 Å². The Morgan fingerprint density at radius 1 is 1.40 bits per heavy atom. The van der Waals surface area contributed by atoms with Gasteiger partial charge in [0.1, 0.15) is 0 Å². The maximum Gasteiger partial charge on any atom is 0.343 e. The van der Waals surface area contributed by atoms with E-state index in [9.17, 15) is 4.79 Å². The number of benzene rings is 1. The molecule has 0 saturated carbocycles. The first kappa shape index (κ1) is 14.9. The third-order valence-corrected chi connectivity index (χ3v) is 4.22. The van der Waals surface area contributed by atoms with Crippen molar-refractivity contribution in [3.8, 4) is 0 Å². The van der Waals surface area contributed by atoms with E-state index in [4.69, 9.17) is 5.73 Å². The van der Waals surface area contributed by atoms with Crippen LogP contribution in [0.5, 0.6) is 0 Å². The van der Waals surface area contributed by atoms with Crippen molar-refractivity contribution < 1.29 is 0 Å². The van der Waals surface area contributed by atoms with Gasteiger partial charge in [-0.3, -0.25) is 4.57 Å². The Morgan fingerprint density at radius 3 is 2.85 bits per heavy atom. The Bertz CT molecular complexity index is 620. The summed E-state index contributed by atoms with van der Waals surface area (Å²) in [6, 6.07) is 8.02. The summed E-state index contributed by atoms with van der Waals surface area (Å²) in [7, 11) is 0. The highest BCUT2D eigenvalue weighted by Gasteiger charge is 2.14. The Balaban J connectivity index is 2.33. The zero-order valence-corrected chi connectivity index (χ0v) is 12.6. The fourth-order valence-electron chi connectivity index (χ4n) is 2.00. The van der Waals surface area contributed by atoms with Crippen molar-refractivity contribution in [2.45, 2.75) is 49.3 Å². The fraction of sp³-hybridized carbons (Fsp3) is 0.429. The van der Waals surface area contributed by atoms with E-state index in [0.29, 0.717) is 11.7 Å². The van der Waals surface area contributed by atoms with Gasteiger partial charge in [-0.25, -0.2) is 9.89 Å². The number of nitrogens with zero attached hydrogens (tertiary/aromatic N) is 2. The molecule has 0 saturated heterocycles. The van der Waals surface area contributed by atoms with Gasteiger partial charge in [-0.15, -0.1) is 5.10 Å². The number of rotatable bonds is 6. The molecule has 5 nitrogen and oxygen atoms in total. The molecule has 1 atom stereocenters. The van der Waals surface area contributed by atoms with Crippen molar-refractivity contribution in [1.82, 2.24) is 14.8 Å². The number of hydrogen-bond donors (Lipinski definition) is 2. The molecule has 0 unspecified atom stereocenters. The molecule has 0 aliphatic rings. The molecule has 0 radical (unpaired) electrons. The topological polar surface area (TPSA) is 76.7 Å². The van der Waals surface area contributed by atoms with Crippen LogP contribution < -0.4 is 11.4 Å². The fourth-order valence-corrected chi connectivity index (χ4v) is 3.06. The van der Waals surface area contributed by atoms with Gasteiger partial charge < -0.3 is 5.73 Å². The van der Waals surface area contributed by atoms with Crippen LogP contribution in [0.15, 0.2) is 39.1 Å². The minimum atomic E-state index is -0.161. The summed E-state index contributed by atoms with van der Waals surface area (Å²) in [5.74, 6) is 0. The molecule has 20 heavy (non-hydrogen) atoms. The van der Waals surface area contributed by atoms with Crippen LogP contribution in [0.25, 0.3) is 0 Å². The lowest BCUT2D eigenvalue weighted by Gasteiger charge is -2.14. The SMILES string of the molecule is CCCn1c(Sc2ccccc2[C@H](N)CC)n[nH]c1=O. The van der Waals surface area contributed by atoms with Gasteiger partial charge >= 0.3 is 5.69 Å². The summed E-state index contributed by atoms with van der Waals surface area (Å²) in [6.07, 6.45) is 1.77. The molecule has 2 rings (SSSR count). The Labute approximate surface area is 122 Å². The second-order valence-electron chi connectivity index (χ2n) is 4.62. The highest BCUT2D eigenvalue weighted by atomic mass is 32.2. The molecule has 0 spiro atoms. The van der Waals surface area contributed by atoms with E-state index >= 15 is 0 Å². The second kappa shape index (κ2) is 6.76. The van der Waals surface area contributed by atoms with Gasteiger partial charge in [0.15, 0.2) is 5.16 Å². The van der Waals surface area contributed by atoms with Crippen LogP contribution >= 0.6 is 11.8 Å². The highest BCUT2D eigenvalue weighted by Crippen LogP contribution is 2.31. The summed E-state index contributed by atoms with van der Waals surface area (Å²) in [4.78, 5) is 12.8. The van der Waals surface area contributed by atoms with Gasteiger partial charge in [-0.05, 0) is 36.2 Å². The van der Waals surface area contributed by atoms with Gasteiger partial charge in [0.05, 0.1) is 0 Å². The molecule has 0 aliphatic carbocycles. The molecule has 0 amide bonds. The van der Waals surface area contributed by atoms with Crippen molar-refractivity contribution >= 4 is 11.8 Å². The molecule has 0 bridgehead atoms. The van der Waals surface area contributed by atoms with E-state index in [1.165, 1.54) is 11.8 Å². The van der Waals surface area contributed by atoms with Crippen LogP contribution in [0, 0.1) is 0 Å². The molecule has 6 heteroatoms. The van der Waals surface area contributed by atoms with Gasteiger partial charge in [0, 0.05) is 17.5 Å². The lowest BCUT2D eigenvalue weighted by Crippen LogP contribution is -2.17. The number of H-pyrrole nitrogens is 1. The molecular formula is C14H20N4OS. The number of aromatic amines is 1. The third-order valence-electron chi connectivity index (χ3n) is 3.13. The van der Waals surface area contributed by atoms with E-state index in [0.717, 1.165) is 23.3 Å². The van der Waals surface area contributed by atoms with Crippen LogP contribution in [-0.4, -0.2) is 14.8 Å². The summed E-state index contributed by atoms with van der Waals surface area (Å²) in [5, 5.41) is 7.30. The Kier molecular flexibility index (Phi) is 5.03. The quantitative estimate of drug-likeness (QED) is 0.857.